The minimum atomic E-state index is 0.421. The molecule has 2 N–H and O–H groups in total. The summed E-state index contributed by atoms with van der Waals surface area (Å²) in [6, 6.07) is 6.84. The Morgan fingerprint density at radius 2 is 1.80 bits per heavy atom. The zero-order valence-corrected chi connectivity index (χ0v) is 16.6. The number of aryl methyl sites for hydroxylation is 1. The normalized spacial score (nSPS) is 12.0. The first-order valence-electron chi connectivity index (χ1n) is 10.0. The summed E-state index contributed by atoms with van der Waals surface area (Å²) in [7, 11) is 0. The van der Waals surface area contributed by atoms with Gasteiger partial charge in [0.1, 0.15) is 5.82 Å². The Bertz CT molecular complexity index is 639. The molecule has 0 unspecified atom stereocenters. The average Bonchev–Trinajstić information content (AvgIpc) is 2.96. The molecule has 25 heavy (non-hydrogen) atoms. The van der Waals surface area contributed by atoms with E-state index in [0.717, 1.165) is 11.9 Å². The molecule has 140 valence electrons. The van der Waals surface area contributed by atoms with E-state index in [1.807, 2.05) is 0 Å². The summed E-state index contributed by atoms with van der Waals surface area (Å²) >= 11 is 0. The van der Waals surface area contributed by atoms with Crippen LogP contribution in [0.15, 0.2) is 18.2 Å². The molecule has 2 aromatic rings. The molecule has 4 nitrogen and oxygen atoms in total. The van der Waals surface area contributed by atoms with Crippen molar-refractivity contribution >= 4 is 11.0 Å². The molecule has 0 aliphatic carbocycles. The first-order chi connectivity index (χ1) is 12.1. The van der Waals surface area contributed by atoms with Gasteiger partial charge < -0.3 is 15.2 Å². The van der Waals surface area contributed by atoms with Crippen LogP contribution in [0.5, 0.6) is 0 Å². The fourth-order valence-electron chi connectivity index (χ4n) is 3.65. The zero-order chi connectivity index (χ0) is 18.2. The molecule has 0 aliphatic heterocycles. The number of nitrogens with two attached hydrogens (primary N) is 1. The van der Waals surface area contributed by atoms with Crippen LogP contribution in [-0.2, 0) is 13.0 Å². The molecule has 4 heteroatoms. The molecular formula is C21H36N4. The maximum Gasteiger partial charge on any atom is 0.110 e. The Kier molecular flexibility index (Phi) is 7.91. The van der Waals surface area contributed by atoms with E-state index in [1.54, 1.807) is 0 Å². The van der Waals surface area contributed by atoms with Crippen molar-refractivity contribution in [3.63, 3.8) is 0 Å². The number of imidazole rings is 1. The van der Waals surface area contributed by atoms with Gasteiger partial charge in [0.05, 0.1) is 11.0 Å². The van der Waals surface area contributed by atoms with E-state index in [0.29, 0.717) is 12.6 Å². The van der Waals surface area contributed by atoms with Gasteiger partial charge in [-0.15, -0.1) is 0 Å². The molecule has 0 radical (unpaired) electrons. The fraction of sp³-hybridized carbons (Fsp3) is 0.667. The van der Waals surface area contributed by atoms with Crippen molar-refractivity contribution in [2.24, 2.45) is 5.73 Å². The second-order valence-electron chi connectivity index (χ2n) is 7.32. The van der Waals surface area contributed by atoms with Crippen LogP contribution in [0, 0.1) is 0 Å². The third-order valence-corrected chi connectivity index (χ3v) is 4.78. The van der Waals surface area contributed by atoms with Crippen LogP contribution in [0.2, 0.25) is 0 Å². The van der Waals surface area contributed by atoms with Crippen molar-refractivity contribution < 1.29 is 0 Å². The highest BCUT2D eigenvalue weighted by Crippen LogP contribution is 2.23. The number of aromatic nitrogens is 2. The fourth-order valence-corrected chi connectivity index (χ4v) is 3.65. The van der Waals surface area contributed by atoms with Gasteiger partial charge in [0.15, 0.2) is 0 Å². The van der Waals surface area contributed by atoms with Crippen LogP contribution in [-0.4, -0.2) is 34.1 Å². The Morgan fingerprint density at radius 1 is 1.08 bits per heavy atom. The topological polar surface area (TPSA) is 47.1 Å². The molecule has 1 aromatic carbocycles. The van der Waals surface area contributed by atoms with Gasteiger partial charge in [-0.25, -0.2) is 4.98 Å². The maximum atomic E-state index is 5.82. The zero-order valence-electron chi connectivity index (χ0n) is 16.6. The Hall–Kier alpha value is -1.39. The quantitative estimate of drug-likeness (QED) is 0.610. The first-order valence-corrected chi connectivity index (χ1v) is 10.0. The molecule has 0 atom stereocenters. The second kappa shape index (κ2) is 9.93. The van der Waals surface area contributed by atoms with Crippen molar-refractivity contribution in [2.45, 2.75) is 72.4 Å². The maximum absolute atomic E-state index is 5.82. The molecule has 0 spiro atoms. The molecule has 0 saturated heterocycles. The molecule has 2 rings (SSSR count). The highest BCUT2D eigenvalue weighted by Gasteiger charge is 2.13. The van der Waals surface area contributed by atoms with Crippen LogP contribution in [0.3, 0.4) is 0 Å². The minimum absolute atomic E-state index is 0.421. The van der Waals surface area contributed by atoms with Crippen LogP contribution in [0.1, 0.15) is 70.8 Å². The number of nitrogens with zero attached hydrogens (tertiary/aromatic N) is 3. The van der Waals surface area contributed by atoms with Gasteiger partial charge in [-0.3, -0.25) is 0 Å². The predicted molar refractivity (Wildman–Crippen MR) is 108 cm³/mol. The lowest BCUT2D eigenvalue weighted by Gasteiger charge is -2.20. The number of unbranched alkanes of at least 4 members (excludes halogenated alkanes) is 1. The van der Waals surface area contributed by atoms with Gasteiger partial charge in [0.2, 0.25) is 0 Å². The van der Waals surface area contributed by atoms with Crippen molar-refractivity contribution in [1.82, 2.24) is 14.5 Å². The smallest absolute Gasteiger partial charge is 0.110 e. The van der Waals surface area contributed by atoms with E-state index < -0.39 is 0 Å². The van der Waals surface area contributed by atoms with Crippen molar-refractivity contribution in [2.75, 3.05) is 19.6 Å². The number of benzene rings is 1. The lowest BCUT2D eigenvalue weighted by Crippen LogP contribution is -2.26. The molecule has 1 aromatic heterocycles. The van der Waals surface area contributed by atoms with Crippen molar-refractivity contribution in [1.29, 1.82) is 0 Å². The Balaban J connectivity index is 2.04. The summed E-state index contributed by atoms with van der Waals surface area (Å²) in [6.07, 6.45) is 5.98. The Morgan fingerprint density at radius 3 is 2.40 bits per heavy atom. The van der Waals surface area contributed by atoms with E-state index in [1.165, 1.54) is 62.2 Å². The van der Waals surface area contributed by atoms with Gasteiger partial charge in [-0.2, -0.15) is 0 Å². The van der Waals surface area contributed by atoms with Crippen LogP contribution < -0.4 is 5.73 Å². The van der Waals surface area contributed by atoms with E-state index in [9.17, 15) is 0 Å². The summed E-state index contributed by atoms with van der Waals surface area (Å²) in [5.74, 6) is 1.22. The highest BCUT2D eigenvalue weighted by molar-refractivity contribution is 5.77. The van der Waals surface area contributed by atoms with Gasteiger partial charge in [-0.1, -0.05) is 19.9 Å². The van der Waals surface area contributed by atoms with Crippen molar-refractivity contribution in [3.05, 3.63) is 29.6 Å². The standard InChI is InChI=1S/C21H36N4/c1-5-12-24(13-6-2)14-8-7-9-21-23-19-11-10-18(16-22)15-20(19)25(21)17(3)4/h10-11,15,17H,5-9,12-14,16,22H2,1-4H3. The average molecular weight is 345 g/mol. The van der Waals surface area contributed by atoms with Crippen molar-refractivity contribution in [3.8, 4) is 0 Å². The molecule has 0 saturated carbocycles. The molecule has 0 fully saturated rings. The minimum Gasteiger partial charge on any atom is -0.326 e. The van der Waals surface area contributed by atoms with Gasteiger partial charge >= 0.3 is 0 Å². The van der Waals surface area contributed by atoms with Crippen LogP contribution >= 0.6 is 0 Å². The Labute approximate surface area is 153 Å². The molecule has 0 aliphatic rings. The monoisotopic (exact) mass is 344 g/mol. The van der Waals surface area contributed by atoms with Crippen LogP contribution in [0.4, 0.5) is 0 Å². The molecule has 0 amide bonds. The van der Waals surface area contributed by atoms with Gasteiger partial charge in [-0.05, 0) is 76.9 Å². The second-order valence-corrected chi connectivity index (χ2v) is 7.32. The third kappa shape index (κ3) is 5.29. The predicted octanol–water partition coefficient (Wildman–Crippen LogP) is 4.52. The number of fused-ring (bicyclic) bond motifs is 1. The summed E-state index contributed by atoms with van der Waals surface area (Å²) in [5.41, 5.74) is 9.32. The highest BCUT2D eigenvalue weighted by atomic mass is 15.1. The summed E-state index contributed by atoms with van der Waals surface area (Å²) < 4.78 is 2.39. The summed E-state index contributed by atoms with van der Waals surface area (Å²) in [5, 5.41) is 0. The largest absolute Gasteiger partial charge is 0.326 e. The van der Waals surface area contributed by atoms with Crippen LogP contribution in [0.25, 0.3) is 11.0 Å². The SMILES string of the molecule is CCCN(CCC)CCCCc1nc2ccc(CN)cc2n1C(C)C. The van der Waals surface area contributed by atoms with E-state index in [2.05, 4.69) is 55.4 Å². The van der Waals surface area contributed by atoms with E-state index in [4.69, 9.17) is 10.7 Å². The molecular weight excluding hydrogens is 308 g/mol. The third-order valence-electron chi connectivity index (χ3n) is 4.78. The van der Waals surface area contributed by atoms with E-state index >= 15 is 0 Å². The lowest BCUT2D eigenvalue weighted by molar-refractivity contribution is 0.268. The summed E-state index contributed by atoms with van der Waals surface area (Å²) in [6.45, 7) is 13.3. The first kappa shape index (κ1) is 19.9. The molecule has 0 bridgehead atoms. The lowest BCUT2D eigenvalue weighted by atomic mass is 10.2. The molecule has 1 heterocycles. The number of hydrogen-bond donors (Lipinski definition) is 1. The van der Waals surface area contributed by atoms with Gasteiger partial charge in [0.25, 0.3) is 0 Å². The van der Waals surface area contributed by atoms with Gasteiger partial charge in [0, 0.05) is 19.0 Å². The number of hydrogen-bond acceptors (Lipinski definition) is 3. The van der Waals surface area contributed by atoms with E-state index in [-0.39, 0.29) is 0 Å². The summed E-state index contributed by atoms with van der Waals surface area (Å²) in [4.78, 5) is 7.50. The number of rotatable bonds is 11.